The second-order valence-corrected chi connectivity index (χ2v) is 7.33. The maximum absolute atomic E-state index is 11.4. The molecule has 2 nitrogen and oxygen atoms in total. The van der Waals surface area contributed by atoms with Crippen LogP contribution in [0.2, 0.25) is 0 Å². The third-order valence-corrected chi connectivity index (χ3v) is 5.15. The summed E-state index contributed by atoms with van der Waals surface area (Å²) in [7, 11) is 0. The molecule has 0 saturated heterocycles. The van der Waals surface area contributed by atoms with Gasteiger partial charge in [-0.05, 0) is 51.9 Å². The predicted octanol–water partition coefficient (Wildman–Crippen LogP) is 4.30. The van der Waals surface area contributed by atoms with Gasteiger partial charge in [0.05, 0.1) is 0 Å². The first-order valence-electron chi connectivity index (χ1n) is 6.90. The van der Waals surface area contributed by atoms with Crippen LogP contribution in [0.4, 0.5) is 0 Å². The molecule has 0 bridgehead atoms. The zero-order valence-electron chi connectivity index (χ0n) is 12.9. The van der Waals surface area contributed by atoms with Crippen molar-refractivity contribution in [2.75, 3.05) is 0 Å². The summed E-state index contributed by atoms with van der Waals surface area (Å²) < 4.78 is 22.8. The van der Waals surface area contributed by atoms with Crippen LogP contribution >= 0.6 is 0 Å². The number of hydrogen-bond donors (Lipinski definition) is 0. The minimum atomic E-state index is -2.18. The Morgan fingerprint density at radius 3 is 2.00 bits per heavy atom. The van der Waals surface area contributed by atoms with Crippen LogP contribution in [0.15, 0.2) is 23.1 Å². The van der Waals surface area contributed by atoms with Crippen molar-refractivity contribution in [3.8, 4) is 0 Å². The number of rotatable bonds is 5. The molecule has 0 aliphatic carbocycles. The van der Waals surface area contributed by atoms with Crippen LogP contribution < -0.4 is 0 Å². The van der Waals surface area contributed by atoms with Gasteiger partial charge in [-0.15, -0.1) is 0 Å². The summed E-state index contributed by atoms with van der Waals surface area (Å²) in [5, 5.41) is 0. The minimum absolute atomic E-state index is 0.0709. The van der Waals surface area contributed by atoms with Crippen LogP contribution in [0.3, 0.4) is 0 Å². The van der Waals surface area contributed by atoms with E-state index in [9.17, 15) is 8.76 Å². The van der Waals surface area contributed by atoms with Crippen molar-refractivity contribution in [2.45, 2.75) is 70.1 Å². The van der Waals surface area contributed by atoms with Gasteiger partial charge < -0.3 is 4.55 Å². The smallest absolute Gasteiger partial charge is 0.0286 e. The molecule has 0 saturated carbocycles. The van der Waals surface area contributed by atoms with E-state index in [1.54, 1.807) is 6.07 Å². The van der Waals surface area contributed by atoms with Crippen LogP contribution in [-0.4, -0.2) is 8.76 Å². The highest BCUT2D eigenvalue weighted by Gasteiger charge is 2.25. The third-order valence-electron chi connectivity index (χ3n) is 4.44. The molecular weight excluding hydrogens is 256 g/mol. The van der Waals surface area contributed by atoms with Crippen molar-refractivity contribution < 1.29 is 8.76 Å². The maximum atomic E-state index is 11.4. The van der Waals surface area contributed by atoms with Gasteiger partial charge in [-0.1, -0.05) is 53.7 Å². The summed E-state index contributed by atoms with van der Waals surface area (Å²) >= 11 is -2.18. The van der Waals surface area contributed by atoms with Crippen molar-refractivity contribution in [1.29, 1.82) is 0 Å². The monoisotopic (exact) mass is 281 g/mol. The normalized spacial score (nSPS) is 14.5. The van der Waals surface area contributed by atoms with Crippen molar-refractivity contribution in [2.24, 2.45) is 0 Å². The molecule has 1 atom stereocenters. The van der Waals surface area contributed by atoms with Crippen LogP contribution in [0.25, 0.3) is 0 Å². The van der Waals surface area contributed by atoms with E-state index in [1.807, 2.05) is 6.07 Å². The minimum Gasteiger partial charge on any atom is -0.768 e. The fourth-order valence-corrected chi connectivity index (χ4v) is 2.71. The van der Waals surface area contributed by atoms with Gasteiger partial charge in [0, 0.05) is 4.90 Å². The first-order valence-corrected chi connectivity index (χ1v) is 7.97. The van der Waals surface area contributed by atoms with E-state index in [1.165, 1.54) is 5.56 Å². The lowest BCUT2D eigenvalue weighted by Crippen LogP contribution is -2.22. The lowest BCUT2D eigenvalue weighted by molar-refractivity contribution is 0.475. The highest BCUT2D eigenvalue weighted by Crippen LogP contribution is 2.35. The molecule has 0 radical (unpaired) electrons. The summed E-state index contributed by atoms with van der Waals surface area (Å²) in [6.45, 7) is 12.8. The highest BCUT2D eigenvalue weighted by atomic mass is 32.2. The average molecular weight is 281 g/mol. The zero-order chi connectivity index (χ0) is 14.8. The van der Waals surface area contributed by atoms with Crippen molar-refractivity contribution in [3.63, 3.8) is 0 Å². The van der Waals surface area contributed by atoms with E-state index in [-0.39, 0.29) is 10.8 Å². The van der Waals surface area contributed by atoms with E-state index in [4.69, 9.17) is 0 Å². The Labute approximate surface area is 119 Å². The molecule has 1 unspecified atom stereocenters. The van der Waals surface area contributed by atoms with E-state index in [0.29, 0.717) is 4.90 Å². The average Bonchev–Trinajstić information content (AvgIpc) is 2.37. The molecule has 0 aliphatic rings. The molecule has 3 heteroatoms. The number of hydrogen-bond acceptors (Lipinski definition) is 2. The molecule has 0 heterocycles. The Balaban J connectivity index is 3.47. The molecule has 19 heavy (non-hydrogen) atoms. The molecule has 0 aromatic heterocycles. The molecular formula is C16H25O2S-. The van der Waals surface area contributed by atoms with Crippen LogP contribution in [0.5, 0.6) is 0 Å². The molecule has 108 valence electrons. The summed E-state index contributed by atoms with van der Waals surface area (Å²) in [4.78, 5) is 0.433. The Morgan fingerprint density at radius 1 is 1.05 bits per heavy atom. The molecule has 0 aliphatic heterocycles. The van der Waals surface area contributed by atoms with E-state index in [2.05, 4.69) is 47.6 Å². The Hall–Kier alpha value is -0.670. The SMILES string of the molecule is CCC(C)(C)c1ccc(S(=O)[O-])c(C(C)(C)CC)c1. The first kappa shape index (κ1) is 16.4. The van der Waals surface area contributed by atoms with E-state index < -0.39 is 11.1 Å². The van der Waals surface area contributed by atoms with Gasteiger partial charge in [-0.2, -0.15) is 0 Å². The van der Waals surface area contributed by atoms with Crippen molar-refractivity contribution >= 4 is 11.1 Å². The maximum Gasteiger partial charge on any atom is 0.0286 e. The summed E-state index contributed by atoms with van der Waals surface area (Å²) in [5.74, 6) is 0. The summed E-state index contributed by atoms with van der Waals surface area (Å²) in [6, 6.07) is 5.78. The van der Waals surface area contributed by atoms with E-state index in [0.717, 1.165) is 18.4 Å². The first-order chi connectivity index (χ1) is 8.65. The predicted molar refractivity (Wildman–Crippen MR) is 80.3 cm³/mol. The molecule has 1 aromatic rings. The van der Waals surface area contributed by atoms with Gasteiger partial charge in [0.15, 0.2) is 0 Å². The molecule has 0 N–H and O–H groups in total. The van der Waals surface area contributed by atoms with Gasteiger partial charge in [-0.3, -0.25) is 4.21 Å². The Kier molecular flexibility index (Phi) is 4.97. The van der Waals surface area contributed by atoms with Crippen molar-refractivity contribution in [1.82, 2.24) is 0 Å². The Bertz CT molecular complexity index is 476. The van der Waals surface area contributed by atoms with Crippen molar-refractivity contribution in [3.05, 3.63) is 29.3 Å². The largest absolute Gasteiger partial charge is 0.768 e. The van der Waals surface area contributed by atoms with Crippen LogP contribution in [-0.2, 0) is 21.9 Å². The van der Waals surface area contributed by atoms with Gasteiger partial charge >= 0.3 is 0 Å². The number of benzene rings is 1. The molecule has 1 rings (SSSR count). The van der Waals surface area contributed by atoms with Gasteiger partial charge in [0.2, 0.25) is 0 Å². The van der Waals surface area contributed by atoms with Gasteiger partial charge in [0.1, 0.15) is 0 Å². The fourth-order valence-electron chi connectivity index (χ4n) is 2.02. The standard InChI is InChI=1S/C16H26O2S/c1-7-15(3,4)12-9-10-14(19(17)18)13(11-12)16(5,6)8-2/h9-11H,7-8H2,1-6H3,(H,17,18)/p-1. The van der Waals surface area contributed by atoms with Gasteiger partial charge in [0.25, 0.3) is 0 Å². The molecule has 0 amide bonds. The second kappa shape index (κ2) is 5.76. The zero-order valence-corrected chi connectivity index (χ0v) is 13.7. The van der Waals surface area contributed by atoms with Crippen LogP contribution in [0.1, 0.15) is 65.5 Å². The quantitative estimate of drug-likeness (QED) is 0.755. The fraction of sp³-hybridized carbons (Fsp3) is 0.625. The lowest BCUT2D eigenvalue weighted by atomic mass is 9.77. The molecule has 0 spiro atoms. The summed E-state index contributed by atoms with van der Waals surface area (Å²) in [6.07, 6.45) is 1.94. The lowest BCUT2D eigenvalue weighted by Gasteiger charge is -2.31. The topological polar surface area (TPSA) is 40.1 Å². The second-order valence-electron chi connectivity index (χ2n) is 6.42. The Morgan fingerprint density at radius 2 is 1.58 bits per heavy atom. The van der Waals surface area contributed by atoms with E-state index >= 15 is 0 Å². The van der Waals surface area contributed by atoms with Gasteiger partial charge in [-0.25, -0.2) is 0 Å². The molecule has 0 fully saturated rings. The summed E-state index contributed by atoms with van der Waals surface area (Å²) in [5.41, 5.74) is 2.08. The highest BCUT2D eigenvalue weighted by molar-refractivity contribution is 7.79. The molecule has 1 aromatic carbocycles. The third kappa shape index (κ3) is 3.46. The van der Waals surface area contributed by atoms with Crippen LogP contribution in [0, 0.1) is 0 Å².